The van der Waals surface area contributed by atoms with Crippen LogP contribution in [0.5, 0.6) is 0 Å². The van der Waals surface area contributed by atoms with Crippen molar-refractivity contribution in [3.63, 3.8) is 0 Å². The maximum atomic E-state index is 13.6. The third-order valence-electron chi connectivity index (χ3n) is 6.93. The van der Waals surface area contributed by atoms with E-state index in [-0.39, 0.29) is 29.8 Å². The van der Waals surface area contributed by atoms with Crippen molar-refractivity contribution < 1.29 is 43.9 Å². The minimum absolute atomic E-state index is 0.00114. The predicted molar refractivity (Wildman–Crippen MR) is 183 cm³/mol. The Bertz CT molecular complexity index is 2180. The smallest absolute Gasteiger partial charge is 0.324 e. The number of benzene rings is 2. The molecule has 51 heavy (non-hydrogen) atoms. The van der Waals surface area contributed by atoms with Crippen molar-refractivity contribution >= 4 is 43.5 Å². The van der Waals surface area contributed by atoms with Gasteiger partial charge in [0.1, 0.15) is 0 Å². The number of halogens is 3. The fraction of sp³-hybridized carbons (Fsp3) is 0.219. The molecule has 270 valence electrons. The van der Waals surface area contributed by atoms with Crippen molar-refractivity contribution in [3.8, 4) is 16.9 Å². The maximum absolute atomic E-state index is 13.6. The average molecular weight is 748 g/mol. The Balaban J connectivity index is 0.000000417. The van der Waals surface area contributed by atoms with E-state index in [4.69, 9.17) is 9.11 Å². The van der Waals surface area contributed by atoms with Gasteiger partial charge in [0.15, 0.2) is 0 Å². The van der Waals surface area contributed by atoms with Crippen LogP contribution in [0.2, 0.25) is 0 Å². The number of hydrogen-bond acceptors (Lipinski definition) is 10. The molecule has 0 radical (unpaired) electrons. The van der Waals surface area contributed by atoms with Gasteiger partial charge in [0.2, 0.25) is 5.95 Å². The van der Waals surface area contributed by atoms with Gasteiger partial charge in [0.25, 0.3) is 26.1 Å². The fourth-order valence-electron chi connectivity index (χ4n) is 4.44. The molecular weight excluding hydrogens is 716 g/mol. The Morgan fingerprint density at radius 3 is 2.20 bits per heavy atom. The molecule has 5 rings (SSSR count). The van der Waals surface area contributed by atoms with Gasteiger partial charge in [0.05, 0.1) is 34.8 Å². The highest BCUT2D eigenvalue weighted by Crippen LogP contribution is 2.33. The molecule has 4 N–H and O–H groups in total. The maximum Gasteiger partial charge on any atom is 0.416 e. The number of nitrogens with one attached hydrogen (secondary N) is 2. The van der Waals surface area contributed by atoms with Gasteiger partial charge in [-0.15, -0.1) is 0 Å². The summed E-state index contributed by atoms with van der Waals surface area (Å²) in [5, 5.41) is 5.71. The number of carbonyl (C=O) groups excluding carboxylic acids is 1. The lowest BCUT2D eigenvalue weighted by Crippen LogP contribution is -2.14. The van der Waals surface area contributed by atoms with Crippen molar-refractivity contribution in [2.45, 2.75) is 32.9 Å². The lowest BCUT2D eigenvalue weighted by Gasteiger charge is -2.14. The third kappa shape index (κ3) is 12.2. The zero-order chi connectivity index (χ0) is 37.4. The quantitative estimate of drug-likeness (QED) is 0.0921. The summed E-state index contributed by atoms with van der Waals surface area (Å²) >= 11 is 0. The molecule has 1 amide bonds. The molecule has 0 aliphatic heterocycles. The van der Waals surface area contributed by atoms with Crippen molar-refractivity contribution in [2.75, 3.05) is 22.1 Å². The van der Waals surface area contributed by atoms with Gasteiger partial charge in [-0.2, -0.15) is 30.0 Å². The number of unbranched alkanes of at least 4 members (excludes halogenated alkanes) is 1. The molecule has 14 nitrogen and oxygen atoms in total. The van der Waals surface area contributed by atoms with E-state index >= 15 is 0 Å². The molecule has 0 saturated carbocycles. The number of aromatic nitrogens is 5. The van der Waals surface area contributed by atoms with Gasteiger partial charge < -0.3 is 15.2 Å². The van der Waals surface area contributed by atoms with Crippen molar-refractivity contribution in [1.82, 2.24) is 24.5 Å². The SMILES string of the molecule is Cc1cn(-c2cc(NC(=O)c3ccc(C)c(Nc4nccc(-c5cccnc5)n4)c3)cc(C(F)(F)F)c2)cn1.O=S(=O)(O)CCCCS(=O)(=O)O. The van der Waals surface area contributed by atoms with Crippen LogP contribution in [0.4, 0.5) is 30.5 Å². The van der Waals surface area contributed by atoms with Gasteiger partial charge in [-0.3, -0.25) is 18.9 Å². The van der Waals surface area contributed by atoms with Crippen LogP contribution in [-0.2, 0) is 26.4 Å². The molecule has 2 aromatic carbocycles. The Kier molecular flexibility index (Phi) is 12.2. The Labute approximate surface area is 291 Å². The summed E-state index contributed by atoms with van der Waals surface area (Å²) < 4.78 is 99.1. The van der Waals surface area contributed by atoms with E-state index in [1.165, 1.54) is 17.0 Å². The molecule has 0 spiro atoms. The first-order chi connectivity index (χ1) is 23.9. The minimum atomic E-state index is -4.60. The number of pyridine rings is 1. The number of nitrogens with zero attached hydrogens (tertiary/aromatic N) is 5. The van der Waals surface area contributed by atoms with Crippen molar-refractivity contribution in [1.29, 1.82) is 0 Å². The van der Waals surface area contributed by atoms with Crippen LogP contribution in [0.3, 0.4) is 0 Å². The predicted octanol–water partition coefficient (Wildman–Crippen LogP) is 5.90. The highest BCUT2D eigenvalue weighted by atomic mass is 32.2. The van der Waals surface area contributed by atoms with Gasteiger partial charge in [-0.25, -0.2) is 15.0 Å². The second kappa shape index (κ2) is 16.2. The highest BCUT2D eigenvalue weighted by Gasteiger charge is 2.31. The monoisotopic (exact) mass is 747 g/mol. The summed E-state index contributed by atoms with van der Waals surface area (Å²) in [4.78, 5) is 30.1. The molecule has 3 aromatic heterocycles. The number of aryl methyl sites for hydroxylation is 2. The molecular formula is C32H32F3N7O7S2. The molecule has 0 aliphatic carbocycles. The number of alkyl halides is 3. The van der Waals surface area contributed by atoms with Crippen LogP contribution in [0.25, 0.3) is 16.9 Å². The van der Waals surface area contributed by atoms with Crippen LogP contribution >= 0.6 is 0 Å². The van der Waals surface area contributed by atoms with Crippen LogP contribution < -0.4 is 10.6 Å². The molecule has 0 bridgehead atoms. The van der Waals surface area contributed by atoms with Gasteiger partial charge >= 0.3 is 6.18 Å². The molecule has 0 unspecified atom stereocenters. The summed E-state index contributed by atoms with van der Waals surface area (Å²) in [7, 11) is -8.04. The largest absolute Gasteiger partial charge is 0.416 e. The number of anilines is 3. The summed E-state index contributed by atoms with van der Waals surface area (Å²) in [5.41, 5.74) is 3.09. The van der Waals surface area contributed by atoms with Crippen molar-refractivity contribution in [3.05, 3.63) is 108 Å². The van der Waals surface area contributed by atoms with Crippen LogP contribution in [0, 0.1) is 13.8 Å². The van der Waals surface area contributed by atoms with Gasteiger partial charge in [-0.05, 0) is 80.8 Å². The number of carbonyl (C=O) groups is 1. The zero-order valence-electron chi connectivity index (χ0n) is 27.0. The molecule has 5 aromatic rings. The summed E-state index contributed by atoms with van der Waals surface area (Å²) in [6.07, 6.45) is 3.41. The zero-order valence-corrected chi connectivity index (χ0v) is 28.7. The Morgan fingerprint density at radius 2 is 1.61 bits per heavy atom. The van der Waals surface area contributed by atoms with Crippen molar-refractivity contribution in [2.24, 2.45) is 0 Å². The molecule has 3 heterocycles. The number of rotatable bonds is 11. The van der Waals surface area contributed by atoms with Crippen LogP contribution in [0.1, 0.15) is 40.0 Å². The first-order valence-corrected chi connectivity index (χ1v) is 18.1. The van der Waals surface area contributed by atoms with Crippen LogP contribution in [0.15, 0.2) is 85.7 Å². The van der Waals surface area contributed by atoms with E-state index in [0.717, 1.165) is 23.3 Å². The van der Waals surface area contributed by atoms with E-state index in [0.29, 0.717) is 23.0 Å². The number of imidazole rings is 1. The molecule has 0 atom stereocenters. The van der Waals surface area contributed by atoms with Crippen LogP contribution in [-0.4, -0.2) is 67.9 Å². The van der Waals surface area contributed by atoms with Gasteiger partial charge in [0, 0.05) is 53.0 Å². The van der Waals surface area contributed by atoms with Gasteiger partial charge in [-0.1, -0.05) is 6.07 Å². The van der Waals surface area contributed by atoms with E-state index in [2.05, 4.69) is 30.6 Å². The molecule has 0 fully saturated rings. The third-order valence-corrected chi connectivity index (χ3v) is 8.54. The first-order valence-electron chi connectivity index (χ1n) is 14.9. The normalized spacial score (nSPS) is 11.7. The summed E-state index contributed by atoms with van der Waals surface area (Å²) in [6, 6.07) is 13.7. The minimum Gasteiger partial charge on any atom is -0.324 e. The lowest BCUT2D eigenvalue weighted by molar-refractivity contribution is -0.137. The summed E-state index contributed by atoms with van der Waals surface area (Å²) in [6.45, 7) is 3.58. The standard InChI is InChI=1S/C28H22F3N7O.C4H10O6S2/c1-17-5-6-19(10-25(17)37-27-33-9-7-24(36-27)20-4-3-8-32-14-20)26(39)35-22-11-21(28(29,30)31)12-23(13-22)38-15-18(2)34-16-38;5-11(6,7)3-1-2-4-12(8,9)10/h3-16H,1-2H3,(H,35,39)(H,33,36,37);1-4H2,(H,5,6,7)(H,8,9,10). The fourth-order valence-corrected chi connectivity index (χ4v) is 5.58. The Hall–Kier alpha value is -5.24. The number of amides is 1. The topological polar surface area (TPSA) is 206 Å². The second-order valence-corrected chi connectivity index (χ2v) is 14.2. The lowest BCUT2D eigenvalue weighted by atomic mass is 10.1. The highest BCUT2D eigenvalue weighted by molar-refractivity contribution is 7.86. The Morgan fingerprint density at radius 1 is 0.902 bits per heavy atom. The van der Waals surface area contributed by atoms with E-state index in [1.807, 2.05) is 13.0 Å². The summed E-state index contributed by atoms with van der Waals surface area (Å²) in [5.74, 6) is -1.23. The second-order valence-electron chi connectivity index (χ2n) is 11.1. The average Bonchev–Trinajstić information content (AvgIpc) is 3.50. The number of hydrogen-bond donors (Lipinski definition) is 4. The molecule has 19 heteroatoms. The van der Waals surface area contributed by atoms with E-state index in [9.17, 15) is 34.8 Å². The first kappa shape index (κ1) is 38.6. The van der Waals surface area contributed by atoms with E-state index in [1.54, 1.807) is 62.0 Å². The van der Waals surface area contributed by atoms with E-state index < -0.39 is 49.4 Å². The molecule has 0 saturated heterocycles. The molecule has 0 aliphatic rings.